The Morgan fingerprint density at radius 3 is 2.08 bits per heavy atom. The van der Waals surface area contributed by atoms with Crippen LogP contribution in [0.15, 0.2) is 0 Å². The smallest absolute Gasteiger partial charge is 0.428 e. The van der Waals surface area contributed by atoms with Gasteiger partial charge in [0.1, 0.15) is 11.6 Å². The fourth-order valence-electron chi connectivity index (χ4n) is 0.446. The Labute approximate surface area is 77.2 Å². The summed E-state index contributed by atoms with van der Waals surface area (Å²) in [5.74, 6) is -0.797. The molecule has 5 heteroatoms. The Balaban J connectivity index is 3.96. The first kappa shape index (κ1) is 11.9. The van der Waals surface area contributed by atoms with Crippen molar-refractivity contribution < 1.29 is 19.1 Å². The van der Waals surface area contributed by atoms with Crippen molar-refractivity contribution in [1.82, 2.24) is 0 Å². The van der Waals surface area contributed by atoms with Crippen LogP contribution in [-0.4, -0.2) is 23.8 Å². The van der Waals surface area contributed by atoms with Crippen LogP contribution in [0.2, 0.25) is 0 Å². The predicted octanol–water partition coefficient (Wildman–Crippen LogP) is 0.812. The van der Waals surface area contributed by atoms with Crippen LogP contribution in [0.4, 0.5) is 4.79 Å². The maximum absolute atomic E-state index is 10.9. The maximum atomic E-state index is 10.9. The Morgan fingerprint density at radius 2 is 1.77 bits per heavy atom. The van der Waals surface area contributed by atoms with Crippen molar-refractivity contribution in [1.29, 1.82) is 0 Å². The van der Waals surface area contributed by atoms with Crippen LogP contribution in [0.25, 0.3) is 0 Å². The zero-order chi connectivity index (χ0) is 10.6. The molecule has 0 aliphatic rings. The topological polar surface area (TPSA) is 78.6 Å². The average Bonchev–Trinajstić information content (AvgIpc) is 1.81. The minimum Gasteiger partial charge on any atom is -0.428 e. The van der Waals surface area contributed by atoms with Crippen LogP contribution in [-0.2, 0) is 14.3 Å². The van der Waals surface area contributed by atoms with Gasteiger partial charge < -0.3 is 15.2 Å². The lowest BCUT2D eigenvalue weighted by atomic mass is 10.2. The average molecular weight is 189 g/mol. The van der Waals surface area contributed by atoms with E-state index in [0.29, 0.717) is 0 Å². The van der Waals surface area contributed by atoms with Crippen molar-refractivity contribution >= 4 is 12.1 Å². The zero-order valence-electron chi connectivity index (χ0n) is 8.29. The summed E-state index contributed by atoms with van der Waals surface area (Å²) >= 11 is 0. The molecular weight excluding hydrogens is 174 g/mol. The van der Waals surface area contributed by atoms with Gasteiger partial charge in [-0.2, -0.15) is 0 Å². The van der Waals surface area contributed by atoms with Gasteiger partial charge in [0.15, 0.2) is 0 Å². The Kier molecular flexibility index (Phi) is 3.87. The van der Waals surface area contributed by atoms with E-state index in [1.807, 2.05) is 0 Å². The highest BCUT2D eigenvalue weighted by molar-refractivity contribution is 5.85. The summed E-state index contributed by atoms with van der Waals surface area (Å²) in [4.78, 5) is 21.6. The van der Waals surface area contributed by atoms with Crippen LogP contribution >= 0.6 is 0 Å². The molecule has 0 saturated carbocycles. The molecule has 0 aromatic carbocycles. The molecule has 0 heterocycles. The van der Waals surface area contributed by atoms with Crippen molar-refractivity contribution in [3.05, 3.63) is 0 Å². The van der Waals surface area contributed by atoms with Crippen molar-refractivity contribution in [2.24, 2.45) is 5.73 Å². The van der Waals surface area contributed by atoms with Crippen molar-refractivity contribution in [3.63, 3.8) is 0 Å². The maximum Gasteiger partial charge on any atom is 0.516 e. The molecule has 5 nitrogen and oxygen atoms in total. The summed E-state index contributed by atoms with van der Waals surface area (Å²) in [6.07, 6.45) is -1.02. The number of carbonyl (C=O) groups excluding carboxylic acids is 2. The number of rotatable bonds is 1. The molecule has 2 N–H and O–H groups in total. The molecule has 0 bridgehead atoms. The van der Waals surface area contributed by atoms with Crippen LogP contribution in [0.1, 0.15) is 27.7 Å². The van der Waals surface area contributed by atoms with Crippen LogP contribution in [0.3, 0.4) is 0 Å². The summed E-state index contributed by atoms with van der Waals surface area (Å²) in [5, 5.41) is 0. The van der Waals surface area contributed by atoms with E-state index in [2.05, 4.69) is 4.74 Å². The molecule has 76 valence electrons. The molecule has 0 unspecified atom stereocenters. The molecule has 0 aromatic heterocycles. The molecule has 13 heavy (non-hydrogen) atoms. The second kappa shape index (κ2) is 4.23. The van der Waals surface area contributed by atoms with E-state index in [1.54, 1.807) is 20.8 Å². The zero-order valence-corrected chi connectivity index (χ0v) is 8.29. The van der Waals surface area contributed by atoms with Gasteiger partial charge in [0.25, 0.3) is 0 Å². The first-order valence-corrected chi connectivity index (χ1v) is 3.92. The molecule has 0 fully saturated rings. The van der Waals surface area contributed by atoms with Gasteiger partial charge in [0.2, 0.25) is 0 Å². The van der Waals surface area contributed by atoms with Crippen molar-refractivity contribution in [2.75, 3.05) is 0 Å². The summed E-state index contributed by atoms with van der Waals surface area (Å²) in [6, 6.07) is -0.826. The molecule has 0 aliphatic heterocycles. The fraction of sp³-hybridized carbons (Fsp3) is 0.750. The van der Waals surface area contributed by atoms with E-state index < -0.39 is 23.8 Å². The third-order valence-electron chi connectivity index (χ3n) is 0.945. The normalized spacial score (nSPS) is 13.3. The summed E-state index contributed by atoms with van der Waals surface area (Å²) in [5.41, 5.74) is 4.49. The van der Waals surface area contributed by atoms with E-state index in [1.165, 1.54) is 6.92 Å². The minimum atomic E-state index is -1.02. The summed E-state index contributed by atoms with van der Waals surface area (Å²) in [6.45, 7) is 6.44. The fourth-order valence-corrected chi connectivity index (χ4v) is 0.446. The number of ether oxygens (including phenoxy) is 2. The Hall–Kier alpha value is -1.10. The largest absolute Gasteiger partial charge is 0.516 e. The molecule has 0 spiro atoms. The molecule has 0 saturated heterocycles. The SMILES string of the molecule is C[C@H](N)C(=O)OC(=O)OC(C)(C)C. The van der Waals surface area contributed by atoms with Gasteiger partial charge in [-0.05, 0) is 27.7 Å². The second-order valence-electron chi connectivity index (χ2n) is 3.67. The third-order valence-corrected chi connectivity index (χ3v) is 0.945. The number of esters is 1. The van der Waals surface area contributed by atoms with E-state index in [4.69, 9.17) is 10.5 Å². The van der Waals surface area contributed by atoms with Gasteiger partial charge in [0, 0.05) is 0 Å². The van der Waals surface area contributed by atoms with E-state index in [-0.39, 0.29) is 0 Å². The predicted molar refractivity (Wildman–Crippen MR) is 46.0 cm³/mol. The lowest BCUT2D eigenvalue weighted by Gasteiger charge is -2.18. The lowest BCUT2D eigenvalue weighted by Crippen LogP contribution is -2.33. The molecule has 0 rings (SSSR count). The molecule has 0 aromatic rings. The standard InChI is InChI=1S/C8H15NO4/c1-5(9)6(10)12-7(11)13-8(2,3)4/h5H,9H2,1-4H3/t5-/m0/s1. The molecule has 1 atom stereocenters. The van der Waals surface area contributed by atoms with Gasteiger partial charge in [-0.1, -0.05) is 0 Å². The van der Waals surface area contributed by atoms with Gasteiger partial charge in [-0.3, -0.25) is 0 Å². The van der Waals surface area contributed by atoms with E-state index in [9.17, 15) is 9.59 Å². The first-order valence-electron chi connectivity index (χ1n) is 3.92. The van der Waals surface area contributed by atoms with Gasteiger partial charge in [-0.15, -0.1) is 0 Å². The number of nitrogens with two attached hydrogens (primary N) is 1. The molecule has 0 amide bonds. The van der Waals surface area contributed by atoms with Crippen molar-refractivity contribution in [2.45, 2.75) is 39.3 Å². The van der Waals surface area contributed by atoms with Crippen LogP contribution in [0.5, 0.6) is 0 Å². The molecule has 0 aliphatic carbocycles. The highest BCUT2D eigenvalue weighted by Crippen LogP contribution is 2.08. The molecule has 0 radical (unpaired) electrons. The van der Waals surface area contributed by atoms with Gasteiger partial charge in [0.05, 0.1) is 0 Å². The van der Waals surface area contributed by atoms with E-state index >= 15 is 0 Å². The third kappa shape index (κ3) is 6.10. The second-order valence-corrected chi connectivity index (χ2v) is 3.67. The quantitative estimate of drug-likeness (QED) is 0.487. The summed E-state index contributed by atoms with van der Waals surface area (Å²) in [7, 11) is 0. The van der Waals surface area contributed by atoms with Gasteiger partial charge in [-0.25, -0.2) is 9.59 Å². The monoisotopic (exact) mass is 189 g/mol. The van der Waals surface area contributed by atoms with Crippen molar-refractivity contribution in [3.8, 4) is 0 Å². The number of hydrogen-bond acceptors (Lipinski definition) is 5. The van der Waals surface area contributed by atoms with Gasteiger partial charge >= 0.3 is 12.1 Å². The Bertz CT molecular complexity index is 205. The van der Waals surface area contributed by atoms with Crippen LogP contribution < -0.4 is 5.73 Å². The highest BCUT2D eigenvalue weighted by atomic mass is 16.7. The van der Waals surface area contributed by atoms with E-state index in [0.717, 1.165) is 0 Å². The lowest BCUT2D eigenvalue weighted by molar-refractivity contribution is -0.142. The molecular formula is C8H15NO4. The number of carbonyl (C=O) groups is 2. The highest BCUT2D eigenvalue weighted by Gasteiger charge is 2.21. The van der Waals surface area contributed by atoms with Crippen LogP contribution in [0, 0.1) is 0 Å². The Morgan fingerprint density at radius 1 is 1.31 bits per heavy atom. The first-order chi connectivity index (χ1) is 5.72. The summed E-state index contributed by atoms with van der Waals surface area (Å²) < 4.78 is 8.98. The minimum absolute atomic E-state index is 0.671. The number of hydrogen-bond donors (Lipinski definition) is 1.